The maximum atomic E-state index is 11.5. The predicted octanol–water partition coefficient (Wildman–Crippen LogP) is 2.70. The molecule has 1 N–H and O–H groups in total. The van der Waals surface area contributed by atoms with E-state index in [2.05, 4.69) is 10.3 Å². The molecule has 94 valence electrons. The van der Waals surface area contributed by atoms with Gasteiger partial charge in [-0.3, -0.25) is 10.3 Å². The van der Waals surface area contributed by atoms with Gasteiger partial charge in [-0.1, -0.05) is 30.3 Å². The highest BCUT2D eigenvalue weighted by molar-refractivity contribution is 5.84. The molecule has 1 amide bonds. The van der Waals surface area contributed by atoms with Gasteiger partial charge in [-0.2, -0.15) is 5.26 Å². The first-order valence-corrected chi connectivity index (χ1v) is 5.61. The molecule has 0 aliphatic heterocycles. The van der Waals surface area contributed by atoms with E-state index in [1.807, 2.05) is 36.4 Å². The summed E-state index contributed by atoms with van der Waals surface area (Å²) in [6.07, 6.45) is 2.28. The quantitative estimate of drug-likeness (QED) is 0.912. The summed E-state index contributed by atoms with van der Waals surface area (Å²) in [5, 5.41) is 11.2. The van der Waals surface area contributed by atoms with E-state index < -0.39 is 6.09 Å². The van der Waals surface area contributed by atoms with E-state index in [1.165, 1.54) is 18.5 Å². The topological polar surface area (TPSA) is 75.0 Å². The number of nitriles is 1. The molecule has 0 aliphatic carbocycles. The molecule has 19 heavy (non-hydrogen) atoms. The summed E-state index contributed by atoms with van der Waals surface area (Å²) in [6.45, 7) is 0.193. The fourth-order valence-corrected chi connectivity index (χ4v) is 1.45. The van der Waals surface area contributed by atoms with Gasteiger partial charge in [0.15, 0.2) is 0 Å². The summed E-state index contributed by atoms with van der Waals surface area (Å²) in [7, 11) is 0. The Morgan fingerprint density at radius 1 is 1.32 bits per heavy atom. The van der Waals surface area contributed by atoms with Crippen LogP contribution >= 0.6 is 0 Å². The lowest BCUT2D eigenvalue weighted by atomic mass is 10.2. The van der Waals surface area contributed by atoms with Crippen LogP contribution in [0.3, 0.4) is 0 Å². The van der Waals surface area contributed by atoms with Crippen molar-refractivity contribution in [3.05, 3.63) is 59.9 Å². The van der Waals surface area contributed by atoms with Gasteiger partial charge in [-0.05, 0) is 11.6 Å². The first kappa shape index (κ1) is 12.6. The molecule has 5 heteroatoms. The van der Waals surface area contributed by atoms with Crippen LogP contribution in [0.2, 0.25) is 0 Å². The van der Waals surface area contributed by atoms with E-state index in [-0.39, 0.29) is 6.61 Å². The van der Waals surface area contributed by atoms with Crippen molar-refractivity contribution in [2.45, 2.75) is 6.61 Å². The number of aromatic nitrogens is 1. The Bertz CT molecular complexity index is 606. The molecule has 0 unspecified atom stereocenters. The fourth-order valence-electron chi connectivity index (χ4n) is 1.45. The number of amides is 1. The highest BCUT2D eigenvalue weighted by atomic mass is 16.5. The first-order chi connectivity index (χ1) is 9.28. The number of nitrogens with one attached hydrogen (secondary N) is 1. The van der Waals surface area contributed by atoms with Gasteiger partial charge in [0, 0.05) is 6.20 Å². The van der Waals surface area contributed by atoms with Crippen LogP contribution in [0.25, 0.3) is 0 Å². The van der Waals surface area contributed by atoms with Crippen LogP contribution in [0.4, 0.5) is 10.5 Å². The molecule has 0 aliphatic rings. The fraction of sp³-hybridized carbons (Fsp3) is 0.0714. The first-order valence-electron chi connectivity index (χ1n) is 5.61. The number of rotatable bonds is 3. The van der Waals surface area contributed by atoms with E-state index in [0.29, 0.717) is 11.3 Å². The maximum Gasteiger partial charge on any atom is 0.412 e. The summed E-state index contributed by atoms with van der Waals surface area (Å²) in [5.74, 6) is 0. The normalized spacial score (nSPS) is 9.42. The zero-order valence-corrected chi connectivity index (χ0v) is 10.0. The van der Waals surface area contributed by atoms with Gasteiger partial charge < -0.3 is 4.74 Å². The molecule has 2 aromatic rings. The van der Waals surface area contributed by atoms with E-state index in [1.54, 1.807) is 0 Å². The Hall–Kier alpha value is -2.87. The molecule has 0 fully saturated rings. The van der Waals surface area contributed by atoms with Crippen LogP contribution in [0.5, 0.6) is 0 Å². The molecular weight excluding hydrogens is 242 g/mol. The van der Waals surface area contributed by atoms with Gasteiger partial charge >= 0.3 is 6.09 Å². The van der Waals surface area contributed by atoms with Crippen LogP contribution in [0.1, 0.15) is 11.1 Å². The summed E-state index contributed by atoms with van der Waals surface area (Å²) in [4.78, 5) is 15.4. The molecule has 0 spiro atoms. The van der Waals surface area contributed by atoms with Crippen LogP contribution in [0.15, 0.2) is 48.8 Å². The molecule has 1 aromatic carbocycles. The zero-order valence-electron chi connectivity index (χ0n) is 10.0. The number of anilines is 1. The molecule has 5 nitrogen and oxygen atoms in total. The van der Waals surface area contributed by atoms with E-state index in [0.717, 1.165) is 5.56 Å². The highest BCUT2D eigenvalue weighted by Gasteiger charge is 2.04. The zero-order chi connectivity index (χ0) is 13.5. The number of nitrogens with zero attached hydrogens (tertiary/aromatic N) is 2. The minimum absolute atomic E-state index is 0.193. The third kappa shape index (κ3) is 3.82. The van der Waals surface area contributed by atoms with Gasteiger partial charge in [0.25, 0.3) is 0 Å². The molecule has 0 saturated carbocycles. The number of carbonyl (C=O) groups excluding carboxylic acids is 1. The van der Waals surface area contributed by atoms with E-state index >= 15 is 0 Å². The van der Waals surface area contributed by atoms with Gasteiger partial charge in [-0.15, -0.1) is 0 Å². The average Bonchev–Trinajstić information content (AvgIpc) is 2.46. The maximum absolute atomic E-state index is 11.5. The van der Waals surface area contributed by atoms with Crippen molar-refractivity contribution in [2.24, 2.45) is 0 Å². The Balaban J connectivity index is 1.89. The SMILES string of the molecule is N#Cc1cncc(NC(=O)OCc2ccccc2)c1. The van der Waals surface area contributed by atoms with Crippen LogP contribution < -0.4 is 5.32 Å². The standard InChI is InChI=1S/C14H11N3O2/c15-7-12-6-13(9-16-8-12)17-14(18)19-10-11-4-2-1-3-5-11/h1-6,8-9H,10H2,(H,17,18). The second kappa shape index (κ2) is 6.17. The Morgan fingerprint density at radius 2 is 2.11 bits per heavy atom. The Labute approximate surface area is 110 Å². The van der Waals surface area contributed by atoms with Gasteiger partial charge in [-0.25, -0.2) is 4.79 Å². The second-order valence-electron chi connectivity index (χ2n) is 3.76. The third-order valence-electron chi connectivity index (χ3n) is 2.33. The summed E-state index contributed by atoms with van der Waals surface area (Å²) < 4.78 is 5.04. The molecular formula is C14H11N3O2. The number of benzene rings is 1. The number of hydrogen-bond donors (Lipinski definition) is 1. The lowest BCUT2D eigenvalue weighted by Crippen LogP contribution is -2.13. The van der Waals surface area contributed by atoms with Crippen molar-refractivity contribution in [3.8, 4) is 6.07 Å². The summed E-state index contributed by atoms with van der Waals surface area (Å²) >= 11 is 0. The molecule has 0 bridgehead atoms. The number of pyridine rings is 1. The molecule has 2 rings (SSSR count). The Morgan fingerprint density at radius 3 is 2.84 bits per heavy atom. The monoisotopic (exact) mass is 253 g/mol. The second-order valence-corrected chi connectivity index (χ2v) is 3.76. The number of hydrogen-bond acceptors (Lipinski definition) is 4. The van der Waals surface area contributed by atoms with E-state index in [9.17, 15) is 4.79 Å². The number of ether oxygens (including phenoxy) is 1. The molecule has 1 heterocycles. The average molecular weight is 253 g/mol. The smallest absolute Gasteiger partial charge is 0.412 e. The minimum Gasteiger partial charge on any atom is -0.444 e. The lowest BCUT2D eigenvalue weighted by molar-refractivity contribution is 0.155. The van der Waals surface area contributed by atoms with Crippen LogP contribution in [-0.2, 0) is 11.3 Å². The van der Waals surface area contributed by atoms with Gasteiger partial charge in [0.05, 0.1) is 17.4 Å². The van der Waals surface area contributed by atoms with Crippen molar-refractivity contribution in [3.63, 3.8) is 0 Å². The van der Waals surface area contributed by atoms with E-state index in [4.69, 9.17) is 10.00 Å². The molecule has 0 radical (unpaired) electrons. The van der Waals surface area contributed by atoms with Crippen LogP contribution in [0, 0.1) is 11.3 Å². The van der Waals surface area contributed by atoms with Gasteiger partial charge in [0.1, 0.15) is 12.7 Å². The van der Waals surface area contributed by atoms with Crippen LogP contribution in [-0.4, -0.2) is 11.1 Å². The molecule has 0 atom stereocenters. The van der Waals surface area contributed by atoms with Gasteiger partial charge in [0.2, 0.25) is 0 Å². The van der Waals surface area contributed by atoms with Crippen molar-refractivity contribution >= 4 is 11.8 Å². The summed E-state index contributed by atoms with van der Waals surface area (Å²) in [6, 6.07) is 12.8. The van der Waals surface area contributed by atoms with Crippen molar-refractivity contribution in [1.29, 1.82) is 5.26 Å². The summed E-state index contributed by atoms with van der Waals surface area (Å²) in [5.41, 5.74) is 1.71. The number of carbonyl (C=O) groups is 1. The van der Waals surface area contributed by atoms with Crippen molar-refractivity contribution in [1.82, 2.24) is 4.98 Å². The Kier molecular flexibility index (Phi) is 4.09. The van der Waals surface area contributed by atoms with Crippen molar-refractivity contribution in [2.75, 3.05) is 5.32 Å². The highest BCUT2D eigenvalue weighted by Crippen LogP contribution is 2.08. The third-order valence-corrected chi connectivity index (χ3v) is 2.33. The largest absolute Gasteiger partial charge is 0.444 e. The molecule has 0 saturated heterocycles. The predicted molar refractivity (Wildman–Crippen MR) is 69.2 cm³/mol. The molecule has 1 aromatic heterocycles. The minimum atomic E-state index is -0.583. The van der Waals surface area contributed by atoms with Crippen molar-refractivity contribution < 1.29 is 9.53 Å². The lowest BCUT2D eigenvalue weighted by Gasteiger charge is -2.06.